The van der Waals surface area contributed by atoms with Crippen molar-refractivity contribution in [2.45, 2.75) is 26.4 Å². The molecule has 0 rings (SSSR count). The Morgan fingerprint density at radius 3 is 2.56 bits per heavy atom. The summed E-state index contributed by atoms with van der Waals surface area (Å²) in [6.07, 6.45) is 2.10. The summed E-state index contributed by atoms with van der Waals surface area (Å²) >= 11 is 1.82. The number of hydrogen-bond acceptors (Lipinski definition) is 3. The number of nitrogens with one attached hydrogen (secondary N) is 2. The third-order valence-electron chi connectivity index (χ3n) is 2.11. The second-order valence-corrected chi connectivity index (χ2v) is 5.06. The first-order chi connectivity index (χ1) is 7.55. The van der Waals surface area contributed by atoms with E-state index in [1.54, 1.807) is 7.11 Å². The first kappa shape index (κ1) is 15.6. The minimum atomic E-state index is -0.206. The van der Waals surface area contributed by atoms with Crippen LogP contribution in [0.2, 0.25) is 0 Å². The summed E-state index contributed by atoms with van der Waals surface area (Å²) in [6.45, 7) is 8.58. The van der Waals surface area contributed by atoms with E-state index >= 15 is 0 Å². The number of guanidine groups is 1. The number of ether oxygens (including phenoxy) is 1. The van der Waals surface area contributed by atoms with Crippen LogP contribution in [0.25, 0.3) is 0 Å². The zero-order valence-electron chi connectivity index (χ0n) is 11.1. The molecule has 0 saturated heterocycles. The van der Waals surface area contributed by atoms with E-state index in [2.05, 4.69) is 28.8 Å². The smallest absolute Gasteiger partial charge is 0.191 e. The molecule has 0 heterocycles. The number of hydrogen-bond donors (Lipinski definition) is 2. The average Bonchev–Trinajstić information content (AvgIpc) is 2.26. The van der Waals surface area contributed by atoms with Crippen molar-refractivity contribution in [1.82, 2.24) is 10.6 Å². The first-order valence-electron chi connectivity index (χ1n) is 5.62. The van der Waals surface area contributed by atoms with Crippen molar-refractivity contribution in [3.05, 3.63) is 0 Å². The molecule has 16 heavy (non-hydrogen) atoms. The Bertz CT molecular complexity index is 207. The molecule has 0 saturated carbocycles. The van der Waals surface area contributed by atoms with E-state index in [0.717, 1.165) is 24.8 Å². The Balaban J connectivity index is 4.12. The molecule has 0 atom stereocenters. The van der Waals surface area contributed by atoms with Gasteiger partial charge in [-0.2, -0.15) is 11.8 Å². The Kier molecular flexibility index (Phi) is 8.47. The number of methoxy groups -OCH3 is 1. The molecule has 0 spiro atoms. The molecule has 0 bridgehead atoms. The van der Waals surface area contributed by atoms with Gasteiger partial charge in [-0.3, -0.25) is 4.99 Å². The molecule has 0 amide bonds. The number of thioether (sulfide) groups is 1. The maximum absolute atomic E-state index is 5.33. The second kappa shape index (κ2) is 8.70. The highest BCUT2D eigenvalue weighted by Crippen LogP contribution is 2.06. The van der Waals surface area contributed by atoms with Crippen LogP contribution in [0.15, 0.2) is 4.99 Å². The quantitative estimate of drug-likeness (QED) is 0.405. The SMILES string of the molecule is CCNC(=NCC(C)(C)OC)NCCSC. The van der Waals surface area contributed by atoms with Crippen molar-refractivity contribution in [1.29, 1.82) is 0 Å². The number of aliphatic imine (C=N–C) groups is 1. The Hall–Kier alpha value is -0.420. The lowest BCUT2D eigenvalue weighted by Crippen LogP contribution is -2.40. The lowest BCUT2D eigenvalue weighted by molar-refractivity contribution is 0.0311. The molecule has 0 aliphatic rings. The number of rotatable bonds is 7. The normalized spacial score (nSPS) is 12.7. The van der Waals surface area contributed by atoms with E-state index in [1.165, 1.54) is 0 Å². The Morgan fingerprint density at radius 1 is 1.38 bits per heavy atom. The van der Waals surface area contributed by atoms with Crippen LogP contribution in [0.4, 0.5) is 0 Å². The van der Waals surface area contributed by atoms with Crippen LogP contribution in [0.1, 0.15) is 20.8 Å². The van der Waals surface area contributed by atoms with Gasteiger partial charge in [0, 0.05) is 26.0 Å². The maximum Gasteiger partial charge on any atom is 0.191 e. The van der Waals surface area contributed by atoms with Crippen LogP contribution in [0.3, 0.4) is 0 Å². The average molecular weight is 247 g/mol. The molecule has 0 aromatic heterocycles. The predicted octanol–water partition coefficient (Wildman–Crippen LogP) is 1.33. The fourth-order valence-corrected chi connectivity index (χ4v) is 1.25. The van der Waals surface area contributed by atoms with E-state index in [1.807, 2.05) is 25.6 Å². The van der Waals surface area contributed by atoms with Crippen molar-refractivity contribution in [3.8, 4) is 0 Å². The van der Waals surface area contributed by atoms with E-state index < -0.39 is 0 Å². The van der Waals surface area contributed by atoms with Crippen molar-refractivity contribution in [2.24, 2.45) is 4.99 Å². The van der Waals surface area contributed by atoms with Gasteiger partial charge in [-0.05, 0) is 27.0 Å². The minimum absolute atomic E-state index is 0.206. The summed E-state index contributed by atoms with van der Waals surface area (Å²) in [5.74, 6) is 1.94. The molecular weight excluding hydrogens is 222 g/mol. The maximum atomic E-state index is 5.33. The minimum Gasteiger partial charge on any atom is -0.377 e. The van der Waals surface area contributed by atoms with Crippen LogP contribution >= 0.6 is 11.8 Å². The zero-order valence-corrected chi connectivity index (χ0v) is 11.9. The van der Waals surface area contributed by atoms with Gasteiger partial charge in [0.25, 0.3) is 0 Å². The molecule has 0 radical (unpaired) electrons. The van der Waals surface area contributed by atoms with Gasteiger partial charge in [-0.15, -0.1) is 0 Å². The monoisotopic (exact) mass is 247 g/mol. The molecule has 4 nitrogen and oxygen atoms in total. The van der Waals surface area contributed by atoms with E-state index in [9.17, 15) is 0 Å². The fourth-order valence-electron chi connectivity index (χ4n) is 0.947. The highest BCUT2D eigenvalue weighted by molar-refractivity contribution is 7.98. The van der Waals surface area contributed by atoms with Crippen molar-refractivity contribution < 1.29 is 4.74 Å². The van der Waals surface area contributed by atoms with Gasteiger partial charge >= 0.3 is 0 Å². The van der Waals surface area contributed by atoms with Gasteiger partial charge in [0.1, 0.15) is 0 Å². The second-order valence-electron chi connectivity index (χ2n) is 4.08. The lowest BCUT2D eigenvalue weighted by atomic mass is 10.1. The van der Waals surface area contributed by atoms with Gasteiger partial charge in [-0.25, -0.2) is 0 Å². The first-order valence-corrected chi connectivity index (χ1v) is 7.01. The lowest BCUT2D eigenvalue weighted by Gasteiger charge is -2.21. The molecule has 0 aliphatic carbocycles. The van der Waals surface area contributed by atoms with Gasteiger partial charge < -0.3 is 15.4 Å². The van der Waals surface area contributed by atoms with Crippen LogP contribution in [0, 0.1) is 0 Å². The summed E-state index contributed by atoms with van der Waals surface area (Å²) in [4.78, 5) is 4.49. The molecule has 0 aromatic rings. The molecule has 0 aliphatic heterocycles. The van der Waals surface area contributed by atoms with Crippen LogP contribution in [-0.2, 0) is 4.74 Å². The van der Waals surface area contributed by atoms with Gasteiger partial charge in [0.15, 0.2) is 5.96 Å². The summed E-state index contributed by atoms with van der Waals surface area (Å²) in [6, 6.07) is 0. The molecule has 5 heteroatoms. The molecule has 0 fully saturated rings. The van der Waals surface area contributed by atoms with Crippen molar-refractivity contribution >= 4 is 17.7 Å². The van der Waals surface area contributed by atoms with Gasteiger partial charge in [0.2, 0.25) is 0 Å². The molecular formula is C11H25N3OS. The van der Waals surface area contributed by atoms with E-state index in [-0.39, 0.29) is 5.60 Å². The topological polar surface area (TPSA) is 45.7 Å². The van der Waals surface area contributed by atoms with E-state index in [4.69, 9.17) is 4.74 Å². The third-order valence-corrected chi connectivity index (χ3v) is 2.73. The highest BCUT2D eigenvalue weighted by Gasteiger charge is 2.15. The third kappa shape index (κ3) is 7.82. The van der Waals surface area contributed by atoms with Crippen LogP contribution < -0.4 is 10.6 Å². The largest absolute Gasteiger partial charge is 0.377 e. The van der Waals surface area contributed by atoms with Gasteiger partial charge in [-0.1, -0.05) is 0 Å². The summed E-state index contributed by atoms with van der Waals surface area (Å²) in [5, 5.41) is 6.49. The highest BCUT2D eigenvalue weighted by atomic mass is 32.2. The summed E-state index contributed by atoms with van der Waals surface area (Å²) in [5.41, 5.74) is -0.206. The van der Waals surface area contributed by atoms with Crippen LogP contribution in [0.5, 0.6) is 0 Å². The van der Waals surface area contributed by atoms with E-state index in [0.29, 0.717) is 6.54 Å². The predicted molar refractivity (Wildman–Crippen MR) is 73.5 cm³/mol. The fraction of sp³-hybridized carbons (Fsp3) is 0.909. The van der Waals surface area contributed by atoms with Crippen LogP contribution in [-0.4, -0.2) is 50.3 Å². The van der Waals surface area contributed by atoms with Crippen molar-refractivity contribution in [2.75, 3.05) is 38.8 Å². The molecule has 2 N–H and O–H groups in total. The Morgan fingerprint density at radius 2 is 2.06 bits per heavy atom. The summed E-state index contributed by atoms with van der Waals surface area (Å²) in [7, 11) is 1.71. The molecule has 0 unspecified atom stereocenters. The molecule has 0 aromatic carbocycles. The molecule has 96 valence electrons. The van der Waals surface area contributed by atoms with Crippen molar-refractivity contribution in [3.63, 3.8) is 0 Å². The number of nitrogens with zero attached hydrogens (tertiary/aromatic N) is 1. The zero-order chi connectivity index (χ0) is 12.4. The summed E-state index contributed by atoms with van der Waals surface area (Å²) < 4.78 is 5.33. The standard InChI is InChI=1S/C11H25N3OS/c1-6-12-10(13-7-8-16-5)14-9-11(2,3)15-4/h6-9H2,1-5H3,(H2,12,13,14). The van der Waals surface area contributed by atoms with Gasteiger partial charge in [0.05, 0.1) is 12.1 Å². The Labute approximate surface area is 104 Å².